The van der Waals surface area contributed by atoms with Crippen LogP contribution in [0.15, 0.2) is 12.1 Å². The van der Waals surface area contributed by atoms with Gasteiger partial charge in [-0.1, -0.05) is 13.0 Å². The Kier molecular flexibility index (Phi) is 3.42. The van der Waals surface area contributed by atoms with E-state index in [1.807, 2.05) is 13.0 Å². The summed E-state index contributed by atoms with van der Waals surface area (Å²) >= 11 is 0. The number of aliphatic hydroxyl groups is 1. The maximum atomic E-state index is 10.8. The van der Waals surface area contributed by atoms with Crippen LogP contribution < -0.4 is 0 Å². The van der Waals surface area contributed by atoms with E-state index in [2.05, 4.69) is 0 Å². The molecular weight excluding hydrogens is 194 g/mol. The van der Waals surface area contributed by atoms with Crippen molar-refractivity contribution in [3.05, 3.63) is 34.4 Å². The first-order valence-electron chi connectivity index (χ1n) is 4.54. The number of nitriles is 1. The summed E-state index contributed by atoms with van der Waals surface area (Å²) in [5.41, 5.74) is 1.22. The molecule has 0 aromatic heterocycles. The summed E-state index contributed by atoms with van der Waals surface area (Å²) in [5, 5.41) is 26.9. The normalized spacial score (nSPS) is 9.67. The molecule has 4 nitrogen and oxygen atoms in total. The molecule has 1 aromatic carbocycles. The van der Waals surface area contributed by atoms with Crippen LogP contribution in [0.5, 0.6) is 0 Å². The highest BCUT2D eigenvalue weighted by Gasteiger charge is 2.15. The first kappa shape index (κ1) is 11.2. The third-order valence-corrected chi connectivity index (χ3v) is 2.28. The number of carboxylic acid groups (broad SMARTS) is 1. The molecule has 0 amide bonds. The van der Waals surface area contributed by atoms with Gasteiger partial charge >= 0.3 is 5.97 Å². The molecule has 0 aliphatic rings. The first-order valence-corrected chi connectivity index (χ1v) is 4.54. The van der Waals surface area contributed by atoms with Crippen molar-refractivity contribution in [2.75, 3.05) is 0 Å². The lowest BCUT2D eigenvalue weighted by Crippen LogP contribution is -2.07. The standard InChI is InChI=1S/C11H11NO3/c1-2-7-3-4-8(11(14)15)10(6-13)9(7)5-12/h3-4,13H,2,6H2,1H3,(H,14,15). The molecule has 0 spiro atoms. The summed E-state index contributed by atoms with van der Waals surface area (Å²) in [7, 11) is 0. The minimum Gasteiger partial charge on any atom is -0.478 e. The molecule has 0 fully saturated rings. The topological polar surface area (TPSA) is 81.3 Å². The van der Waals surface area contributed by atoms with Crippen LogP contribution in [-0.2, 0) is 13.0 Å². The Hall–Kier alpha value is -1.86. The molecule has 15 heavy (non-hydrogen) atoms. The highest BCUT2D eigenvalue weighted by molar-refractivity contribution is 5.90. The number of carboxylic acids is 1. The van der Waals surface area contributed by atoms with E-state index in [4.69, 9.17) is 15.5 Å². The van der Waals surface area contributed by atoms with Gasteiger partial charge in [0.15, 0.2) is 0 Å². The maximum Gasteiger partial charge on any atom is 0.336 e. The molecular formula is C11H11NO3. The second-order valence-corrected chi connectivity index (χ2v) is 3.05. The summed E-state index contributed by atoms with van der Waals surface area (Å²) in [6.45, 7) is 1.44. The number of aryl methyl sites for hydroxylation is 1. The predicted molar refractivity (Wildman–Crippen MR) is 53.4 cm³/mol. The van der Waals surface area contributed by atoms with Gasteiger partial charge in [-0.2, -0.15) is 5.26 Å². The molecule has 1 aromatic rings. The van der Waals surface area contributed by atoms with Gasteiger partial charge in [0.2, 0.25) is 0 Å². The van der Waals surface area contributed by atoms with Crippen molar-refractivity contribution in [2.45, 2.75) is 20.0 Å². The molecule has 0 atom stereocenters. The smallest absolute Gasteiger partial charge is 0.336 e. The van der Waals surface area contributed by atoms with E-state index in [0.29, 0.717) is 6.42 Å². The van der Waals surface area contributed by atoms with Gasteiger partial charge in [-0.25, -0.2) is 4.79 Å². The van der Waals surface area contributed by atoms with Gasteiger partial charge in [0, 0.05) is 5.56 Å². The van der Waals surface area contributed by atoms with Gasteiger partial charge in [0.1, 0.15) is 0 Å². The fourth-order valence-electron chi connectivity index (χ4n) is 1.49. The zero-order valence-electron chi connectivity index (χ0n) is 8.32. The number of rotatable bonds is 3. The SMILES string of the molecule is CCc1ccc(C(=O)O)c(CO)c1C#N. The fraction of sp³-hybridized carbons (Fsp3) is 0.273. The predicted octanol–water partition coefficient (Wildman–Crippen LogP) is 1.31. The maximum absolute atomic E-state index is 10.8. The van der Waals surface area contributed by atoms with Crippen LogP contribution in [-0.4, -0.2) is 16.2 Å². The van der Waals surface area contributed by atoms with Crippen LogP contribution in [0.25, 0.3) is 0 Å². The number of carbonyl (C=O) groups is 1. The van der Waals surface area contributed by atoms with Crippen molar-refractivity contribution < 1.29 is 15.0 Å². The van der Waals surface area contributed by atoms with Crippen molar-refractivity contribution in [1.82, 2.24) is 0 Å². The van der Waals surface area contributed by atoms with Gasteiger partial charge in [-0.05, 0) is 18.1 Å². The number of hydrogen-bond donors (Lipinski definition) is 2. The number of hydrogen-bond acceptors (Lipinski definition) is 3. The Morgan fingerprint density at radius 2 is 2.20 bits per heavy atom. The van der Waals surface area contributed by atoms with Crippen molar-refractivity contribution in [1.29, 1.82) is 5.26 Å². The highest BCUT2D eigenvalue weighted by Crippen LogP contribution is 2.19. The third-order valence-electron chi connectivity index (χ3n) is 2.28. The van der Waals surface area contributed by atoms with Gasteiger partial charge in [0.25, 0.3) is 0 Å². The Bertz CT molecular complexity index is 432. The van der Waals surface area contributed by atoms with Crippen LogP contribution in [0.1, 0.15) is 34.0 Å². The number of aromatic carboxylic acids is 1. The quantitative estimate of drug-likeness (QED) is 0.779. The van der Waals surface area contributed by atoms with E-state index in [1.165, 1.54) is 6.07 Å². The van der Waals surface area contributed by atoms with E-state index in [-0.39, 0.29) is 16.7 Å². The summed E-state index contributed by atoms with van der Waals surface area (Å²) < 4.78 is 0. The molecule has 0 radical (unpaired) electrons. The largest absolute Gasteiger partial charge is 0.478 e. The van der Waals surface area contributed by atoms with E-state index in [1.54, 1.807) is 6.07 Å². The summed E-state index contributed by atoms with van der Waals surface area (Å²) in [4.78, 5) is 10.8. The molecule has 0 aliphatic carbocycles. The Balaban J connectivity index is 3.50. The monoisotopic (exact) mass is 205 g/mol. The van der Waals surface area contributed by atoms with Crippen LogP contribution in [0, 0.1) is 11.3 Å². The number of nitrogens with zero attached hydrogens (tertiary/aromatic N) is 1. The molecule has 0 saturated carbocycles. The molecule has 0 aliphatic heterocycles. The second-order valence-electron chi connectivity index (χ2n) is 3.05. The molecule has 0 saturated heterocycles. The minimum absolute atomic E-state index is 0.00810. The molecule has 2 N–H and O–H groups in total. The molecule has 4 heteroatoms. The summed E-state index contributed by atoms with van der Waals surface area (Å²) in [5.74, 6) is -1.13. The lowest BCUT2D eigenvalue weighted by molar-refractivity contribution is 0.0693. The number of benzene rings is 1. The Morgan fingerprint density at radius 1 is 1.53 bits per heavy atom. The van der Waals surface area contributed by atoms with E-state index in [9.17, 15) is 4.79 Å². The van der Waals surface area contributed by atoms with Crippen LogP contribution >= 0.6 is 0 Å². The molecule has 0 heterocycles. The Labute approximate surface area is 87.4 Å². The molecule has 1 rings (SSSR count). The third kappa shape index (κ3) is 1.97. The van der Waals surface area contributed by atoms with Crippen molar-refractivity contribution in [3.63, 3.8) is 0 Å². The van der Waals surface area contributed by atoms with Crippen molar-refractivity contribution in [2.24, 2.45) is 0 Å². The zero-order valence-corrected chi connectivity index (χ0v) is 8.32. The highest BCUT2D eigenvalue weighted by atomic mass is 16.4. The van der Waals surface area contributed by atoms with Crippen molar-refractivity contribution >= 4 is 5.97 Å². The van der Waals surface area contributed by atoms with Crippen LogP contribution in [0.4, 0.5) is 0 Å². The summed E-state index contributed by atoms with van der Waals surface area (Å²) in [6, 6.07) is 4.97. The average Bonchev–Trinajstić information content (AvgIpc) is 2.26. The lowest BCUT2D eigenvalue weighted by atomic mass is 9.96. The van der Waals surface area contributed by atoms with Gasteiger partial charge in [-0.3, -0.25) is 0 Å². The van der Waals surface area contributed by atoms with Crippen LogP contribution in [0.2, 0.25) is 0 Å². The minimum atomic E-state index is -1.13. The zero-order chi connectivity index (χ0) is 11.4. The van der Waals surface area contributed by atoms with Gasteiger partial charge < -0.3 is 10.2 Å². The Morgan fingerprint density at radius 3 is 2.60 bits per heavy atom. The van der Waals surface area contributed by atoms with Crippen LogP contribution in [0.3, 0.4) is 0 Å². The van der Waals surface area contributed by atoms with E-state index >= 15 is 0 Å². The van der Waals surface area contributed by atoms with Gasteiger partial charge in [0.05, 0.1) is 23.8 Å². The molecule has 0 bridgehead atoms. The molecule has 0 unspecified atom stereocenters. The fourth-order valence-corrected chi connectivity index (χ4v) is 1.49. The van der Waals surface area contributed by atoms with E-state index in [0.717, 1.165) is 5.56 Å². The first-order chi connectivity index (χ1) is 7.15. The molecule has 78 valence electrons. The average molecular weight is 205 g/mol. The second kappa shape index (κ2) is 4.58. The number of aliphatic hydroxyl groups excluding tert-OH is 1. The lowest BCUT2D eigenvalue weighted by Gasteiger charge is -2.08. The van der Waals surface area contributed by atoms with Gasteiger partial charge in [-0.15, -0.1) is 0 Å². The van der Waals surface area contributed by atoms with Crippen molar-refractivity contribution in [3.8, 4) is 6.07 Å². The van der Waals surface area contributed by atoms with E-state index < -0.39 is 12.6 Å². The summed E-state index contributed by atoms with van der Waals surface area (Å²) in [6.07, 6.45) is 0.635.